The SMILES string of the molecule is CCC(C)NCC(=O)N1CC(=O)NC(=O)C1CC. The van der Waals surface area contributed by atoms with Gasteiger partial charge < -0.3 is 10.2 Å². The zero-order valence-electron chi connectivity index (χ0n) is 11.2. The summed E-state index contributed by atoms with van der Waals surface area (Å²) in [6.07, 6.45) is 1.43. The van der Waals surface area contributed by atoms with Crippen LogP contribution in [-0.2, 0) is 14.4 Å². The molecular weight excluding hydrogens is 234 g/mol. The third-order valence-corrected chi connectivity index (χ3v) is 3.18. The van der Waals surface area contributed by atoms with Gasteiger partial charge in [0.2, 0.25) is 17.7 Å². The summed E-state index contributed by atoms with van der Waals surface area (Å²) in [6.45, 7) is 5.95. The summed E-state index contributed by atoms with van der Waals surface area (Å²) in [4.78, 5) is 36.3. The minimum absolute atomic E-state index is 0.0364. The first-order valence-corrected chi connectivity index (χ1v) is 6.36. The Morgan fingerprint density at radius 3 is 2.72 bits per heavy atom. The Hall–Kier alpha value is -1.43. The summed E-state index contributed by atoms with van der Waals surface area (Å²) in [5, 5.41) is 5.32. The minimum atomic E-state index is -0.533. The maximum absolute atomic E-state index is 12.0. The standard InChI is InChI=1S/C12H21N3O3/c1-4-8(3)13-6-11(17)15-7-10(16)14-12(18)9(15)5-2/h8-9,13H,4-7H2,1-3H3,(H,14,16,18). The first kappa shape index (κ1) is 14.6. The van der Waals surface area contributed by atoms with Crippen molar-refractivity contribution in [3.63, 3.8) is 0 Å². The molecule has 0 saturated carbocycles. The molecule has 0 aliphatic carbocycles. The molecular formula is C12H21N3O3. The molecule has 1 rings (SSSR count). The van der Waals surface area contributed by atoms with Gasteiger partial charge in [-0.25, -0.2) is 0 Å². The Morgan fingerprint density at radius 2 is 2.17 bits per heavy atom. The number of carbonyl (C=O) groups is 3. The molecule has 2 unspecified atom stereocenters. The van der Waals surface area contributed by atoms with E-state index in [4.69, 9.17) is 0 Å². The van der Waals surface area contributed by atoms with Crippen LogP contribution in [-0.4, -0.2) is 47.8 Å². The molecule has 1 aliphatic rings. The molecule has 1 heterocycles. The van der Waals surface area contributed by atoms with Crippen molar-refractivity contribution in [1.82, 2.24) is 15.5 Å². The fourth-order valence-electron chi connectivity index (χ4n) is 1.84. The quantitative estimate of drug-likeness (QED) is 0.658. The van der Waals surface area contributed by atoms with Crippen LogP contribution in [0.25, 0.3) is 0 Å². The Morgan fingerprint density at radius 1 is 1.50 bits per heavy atom. The number of piperazine rings is 1. The van der Waals surface area contributed by atoms with Crippen molar-refractivity contribution < 1.29 is 14.4 Å². The molecule has 1 fully saturated rings. The fraction of sp³-hybridized carbons (Fsp3) is 0.750. The molecule has 18 heavy (non-hydrogen) atoms. The maximum Gasteiger partial charge on any atom is 0.249 e. The molecule has 2 atom stereocenters. The molecule has 1 aliphatic heterocycles. The van der Waals surface area contributed by atoms with Crippen LogP contribution in [0.2, 0.25) is 0 Å². The van der Waals surface area contributed by atoms with Gasteiger partial charge in [-0.05, 0) is 19.8 Å². The van der Waals surface area contributed by atoms with Gasteiger partial charge in [0.1, 0.15) is 12.6 Å². The summed E-state index contributed by atoms with van der Waals surface area (Å²) in [5.74, 6) is -1.00. The zero-order chi connectivity index (χ0) is 13.7. The van der Waals surface area contributed by atoms with E-state index in [-0.39, 0.29) is 30.9 Å². The lowest BCUT2D eigenvalue weighted by molar-refractivity contribution is -0.149. The topological polar surface area (TPSA) is 78.5 Å². The van der Waals surface area contributed by atoms with Crippen molar-refractivity contribution in [2.45, 2.75) is 45.7 Å². The molecule has 6 heteroatoms. The van der Waals surface area contributed by atoms with E-state index in [1.807, 2.05) is 20.8 Å². The normalized spacial score (nSPS) is 21.7. The van der Waals surface area contributed by atoms with Crippen molar-refractivity contribution in [2.24, 2.45) is 0 Å². The summed E-state index contributed by atoms with van der Waals surface area (Å²) in [6, 6.07) is -0.294. The maximum atomic E-state index is 12.0. The second-order valence-corrected chi connectivity index (χ2v) is 4.55. The smallest absolute Gasteiger partial charge is 0.249 e. The van der Waals surface area contributed by atoms with E-state index in [0.29, 0.717) is 6.42 Å². The predicted molar refractivity (Wildman–Crippen MR) is 66.7 cm³/mol. The van der Waals surface area contributed by atoms with Gasteiger partial charge in [-0.1, -0.05) is 13.8 Å². The second kappa shape index (κ2) is 6.49. The number of rotatable bonds is 5. The van der Waals surface area contributed by atoms with Gasteiger partial charge in [0.15, 0.2) is 0 Å². The van der Waals surface area contributed by atoms with Crippen LogP contribution < -0.4 is 10.6 Å². The molecule has 0 radical (unpaired) electrons. The fourth-order valence-corrected chi connectivity index (χ4v) is 1.84. The highest BCUT2D eigenvalue weighted by Crippen LogP contribution is 2.09. The Labute approximate surface area is 107 Å². The van der Waals surface area contributed by atoms with Crippen molar-refractivity contribution in [2.75, 3.05) is 13.1 Å². The van der Waals surface area contributed by atoms with Crippen LogP contribution in [0.5, 0.6) is 0 Å². The molecule has 1 saturated heterocycles. The highest BCUT2D eigenvalue weighted by atomic mass is 16.2. The summed E-state index contributed by atoms with van der Waals surface area (Å²) in [5.41, 5.74) is 0. The third kappa shape index (κ3) is 3.53. The first-order valence-electron chi connectivity index (χ1n) is 6.36. The largest absolute Gasteiger partial charge is 0.320 e. The highest BCUT2D eigenvalue weighted by Gasteiger charge is 2.35. The lowest BCUT2D eigenvalue weighted by atomic mass is 10.1. The van der Waals surface area contributed by atoms with Crippen molar-refractivity contribution >= 4 is 17.7 Å². The van der Waals surface area contributed by atoms with Crippen LogP contribution in [0.1, 0.15) is 33.6 Å². The second-order valence-electron chi connectivity index (χ2n) is 4.55. The molecule has 0 spiro atoms. The molecule has 2 N–H and O–H groups in total. The third-order valence-electron chi connectivity index (χ3n) is 3.18. The number of carbonyl (C=O) groups excluding carboxylic acids is 3. The lowest BCUT2D eigenvalue weighted by Gasteiger charge is -2.33. The lowest BCUT2D eigenvalue weighted by Crippen LogP contribution is -2.60. The van der Waals surface area contributed by atoms with Crippen LogP contribution >= 0.6 is 0 Å². The van der Waals surface area contributed by atoms with E-state index < -0.39 is 11.9 Å². The van der Waals surface area contributed by atoms with Gasteiger partial charge >= 0.3 is 0 Å². The van der Waals surface area contributed by atoms with Crippen LogP contribution in [0.3, 0.4) is 0 Å². The van der Waals surface area contributed by atoms with E-state index in [0.717, 1.165) is 6.42 Å². The summed E-state index contributed by atoms with van der Waals surface area (Å²) >= 11 is 0. The van der Waals surface area contributed by atoms with E-state index in [1.54, 1.807) is 0 Å². The van der Waals surface area contributed by atoms with Crippen molar-refractivity contribution in [1.29, 1.82) is 0 Å². The predicted octanol–water partition coefficient (Wildman–Crippen LogP) is -0.362. The van der Waals surface area contributed by atoms with E-state index in [1.165, 1.54) is 4.90 Å². The number of nitrogens with one attached hydrogen (secondary N) is 2. The van der Waals surface area contributed by atoms with Crippen molar-refractivity contribution in [3.05, 3.63) is 0 Å². The number of hydrogen-bond acceptors (Lipinski definition) is 4. The monoisotopic (exact) mass is 255 g/mol. The van der Waals surface area contributed by atoms with Gasteiger partial charge in [0.25, 0.3) is 0 Å². The molecule has 0 aromatic rings. The average molecular weight is 255 g/mol. The molecule has 0 aromatic heterocycles. The number of nitrogens with zero attached hydrogens (tertiary/aromatic N) is 1. The van der Waals surface area contributed by atoms with E-state index in [9.17, 15) is 14.4 Å². The van der Waals surface area contributed by atoms with Gasteiger partial charge in [-0.15, -0.1) is 0 Å². The molecule has 0 aromatic carbocycles. The molecule has 3 amide bonds. The molecule has 102 valence electrons. The van der Waals surface area contributed by atoms with Crippen molar-refractivity contribution in [3.8, 4) is 0 Å². The zero-order valence-corrected chi connectivity index (χ0v) is 11.2. The first-order chi connectivity index (χ1) is 8.49. The summed E-state index contributed by atoms with van der Waals surface area (Å²) in [7, 11) is 0. The van der Waals surface area contributed by atoms with E-state index >= 15 is 0 Å². The van der Waals surface area contributed by atoms with Crippen LogP contribution in [0.4, 0.5) is 0 Å². The minimum Gasteiger partial charge on any atom is -0.320 e. The van der Waals surface area contributed by atoms with Crippen LogP contribution in [0, 0.1) is 0 Å². The highest BCUT2D eigenvalue weighted by molar-refractivity contribution is 6.04. The van der Waals surface area contributed by atoms with Gasteiger partial charge in [0.05, 0.1) is 6.54 Å². The molecule has 6 nitrogen and oxygen atoms in total. The Kier molecular flexibility index (Phi) is 5.27. The van der Waals surface area contributed by atoms with Crippen LogP contribution in [0.15, 0.2) is 0 Å². The van der Waals surface area contributed by atoms with Gasteiger partial charge in [-0.2, -0.15) is 0 Å². The molecule has 0 bridgehead atoms. The number of hydrogen-bond donors (Lipinski definition) is 2. The Bertz CT molecular complexity index is 343. The Balaban J connectivity index is 2.63. The average Bonchev–Trinajstić information content (AvgIpc) is 2.34. The summed E-state index contributed by atoms with van der Waals surface area (Å²) < 4.78 is 0. The number of imide groups is 1. The number of amides is 3. The van der Waals surface area contributed by atoms with Gasteiger partial charge in [-0.3, -0.25) is 19.7 Å². The van der Waals surface area contributed by atoms with Gasteiger partial charge in [0, 0.05) is 6.04 Å². The van der Waals surface area contributed by atoms with E-state index in [2.05, 4.69) is 10.6 Å².